The fourth-order valence-corrected chi connectivity index (χ4v) is 5.91. The van der Waals surface area contributed by atoms with E-state index in [4.69, 9.17) is 4.74 Å². The van der Waals surface area contributed by atoms with E-state index >= 15 is 0 Å². The summed E-state index contributed by atoms with van der Waals surface area (Å²) in [7, 11) is 4.31. The second kappa shape index (κ2) is 41.0. The van der Waals surface area contributed by atoms with Crippen molar-refractivity contribution in [1.29, 1.82) is 0 Å². The molecule has 0 fully saturated rings. The normalized spacial score (nSPS) is 12.6. The first-order chi connectivity index (χ1) is 23.2. The lowest BCUT2D eigenvalue weighted by molar-refractivity contribution is 0.0983. The van der Waals surface area contributed by atoms with Crippen LogP contribution in [0.3, 0.4) is 0 Å². The van der Waals surface area contributed by atoms with Crippen molar-refractivity contribution >= 4 is 0 Å². The van der Waals surface area contributed by atoms with Gasteiger partial charge in [0.2, 0.25) is 0 Å². The van der Waals surface area contributed by atoms with Crippen molar-refractivity contribution in [1.82, 2.24) is 9.80 Å². The monoisotopic (exact) mass is 657 g/mol. The molecule has 0 atom stereocenters. The summed E-state index contributed by atoms with van der Waals surface area (Å²) in [6, 6.07) is 0. The van der Waals surface area contributed by atoms with E-state index < -0.39 is 0 Å². The number of hydrogen-bond donors (Lipinski definition) is 0. The van der Waals surface area contributed by atoms with Crippen LogP contribution in [0.1, 0.15) is 181 Å². The van der Waals surface area contributed by atoms with Gasteiger partial charge >= 0.3 is 0 Å². The van der Waals surface area contributed by atoms with Gasteiger partial charge in [0.15, 0.2) is 0 Å². The van der Waals surface area contributed by atoms with Gasteiger partial charge < -0.3 is 14.5 Å². The Hall–Kier alpha value is -1.16. The van der Waals surface area contributed by atoms with Gasteiger partial charge in [-0.2, -0.15) is 0 Å². The van der Waals surface area contributed by atoms with Crippen LogP contribution in [0.5, 0.6) is 0 Å². The number of unbranched alkanes of at least 4 members (excludes halogenated alkanes) is 19. The topological polar surface area (TPSA) is 15.7 Å². The van der Waals surface area contributed by atoms with Gasteiger partial charge in [-0.3, -0.25) is 0 Å². The molecular weight excluding hydrogens is 572 g/mol. The zero-order chi connectivity index (χ0) is 34.1. The molecule has 0 aromatic heterocycles. The maximum atomic E-state index is 6.03. The Balaban J connectivity index is 3.97. The van der Waals surface area contributed by atoms with Crippen molar-refractivity contribution in [3.63, 3.8) is 0 Å². The number of hydrogen-bond acceptors (Lipinski definition) is 3. The van der Waals surface area contributed by atoms with E-state index in [0.717, 1.165) is 39.1 Å². The standard InChI is InChI=1S/C44H84N2O/c1-5-7-9-11-13-15-17-19-21-23-25-27-29-31-33-35-40-46(42-44-47-43-38-37-39-45(3)4)41-36-34-32-30-28-26-24-22-20-18-16-14-12-10-8-6-2/h13-16,19-22H,5-12,17-18,23-44H2,1-4H3/b15-13-,16-14-,21-19-,22-20-. The van der Waals surface area contributed by atoms with E-state index in [-0.39, 0.29) is 0 Å². The lowest BCUT2D eigenvalue weighted by Crippen LogP contribution is -2.30. The second-order valence-corrected chi connectivity index (χ2v) is 14.1. The molecule has 0 saturated carbocycles. The number of allylic oxidation sites excluding steroid dienone is 8. The van der Waals surface area contributed by atoms with Crippen molar-refractivity contribution in [2.45, 2.75) is 181 Å². The molecule has 0 aromatic rings. The number of rotatable bonds is 38. The highest BCUT2D eigenvalue weighted by Crippen LogP contribution is 2.12. The van der Waals surface area contributed by atoms with Crippen LogP contribution in [-0.2, 0) is 4.74 Å². The molecule has 0 spiro atoms. The van der Waals surface area contributed by atoms with Crippen molar-refractivity contribution < 1.29 is 4.74 Å². The smallest absolute Gasteiger partial charge is 0.0593 e. The van der Waals surface area contributed by atoms with Gasteiger partial charge in [0.05, 0.1) is 6.61 Å². The molecule has 3 heteroatoms. The molecule has 0 heterocycles. The third-order valence-electron chi connectivity index (χ3n) is 9.05. The van der Waals surface area contributed by atoms with E-state index in [2.05, 4.69) is 86.4 Å². The summed E-state index contributed by atoms with van der Waals surface area (Å²) < 4.78 is 6.03. The number of nitrogens with zero attached hydrogens (tertiary/aromatic N) is 2. The lowest BCUT2D eigenvalue weighted by Gasteiger charge is -2.22. The summed E-state index contributed by atoms with van der Waals surface area (Å²) in [5.74, 6) is 0. The van der Waals surface area contributed by atoms with Crippen LogP contribution in [-0.4, -0.2) is 63.3 Å². The predicted molar refractivity (Wildman–Crippen MR) is 214 cm³/mol. The Bertz CT molecular complexity index is 647. The molecule has 0 aromatic carbocycles. The summed E-state index contributed by atoms with van der Waals surface area (Å²) in [6.45, 7) is 11.1. The molecule has 276 valence electrons. The van der Waals surface area contributed by atoms with Crippen LogP contribution >= 0.6 is 0 Å². The van der Waals surface area contributed by atoms with Crippen LogP contribution < -0.4 is 0 Å². The number of ether oxygens (including phenoxy) is 1. The maximum absolute atomic E-state index is 6.03. The molecule has 3 nitrogen and oxygen atoms in total. The molecule has 0 unspecified atom stereocenters. The maximum Gasteiger partial charge on any atom is 0.0593 e. The fourth-order valence-electron chi connectivity index (χ4n) is 5.91. The quantitative estimate of drug-likeness (QED) is 0.0486. The Morgan fingerprint density at radius 2 is 0.745 bits per heavy atom. The Labute approximate surface area is 296 Å². The molecule has 0 amide bonds. The van der Waals surface area contributed by atoms with Crippen LogP contribution in [0.25, 0.3) is 0 Å². The molecule has 0 rings (SSSR count). The van der Waals surface area contributed by atoms with Crippen LogP contribution in [0.15, 0.2) is 48.6 Å². The minimum Gasteiger partial charge on any atom is -0.380 e. The third kappa shape index (κ3) is 40.9. The predicted octanol–water partition coefficient (Wildman–Crippen LogP) is 13.3. The first-order valence-electron chi connectivity index (χ1n) is 20.8. The molecule has 47 heavy (non-hydrogen) atoms. The minimum atomic E-state index is 0.895. The van der Waals surface area contributed by atoms with Gasteiger partial charge in [0.25, 0.3) is 0 Å². The third-order valence-corrected chi connectivity index (χ3v) is 9.05. The SMILES string of the molecule is CCCCC/C=C\C/C=C\CCCCCCCCN(CCCCCCCC/C=C\C/C=C\CCCCC)CCOCCCCN(C)C. The van der Waals surface area contributed by atoms with Crippen LogP contribution in [0.2, 0.25) is 0 Å². The van der Waals surface area contributed by atoms with Gasteiger partial charge in [-0.1, -0.05) is 140 Å². The molecule has 0 aliphatic rings. The highest BCUT2D eigenvalue weighted by atomic mass is 16.5. The van der Waals surface area contributed by atoms with Crippen LogP contribution in [0, 0.1) is 0 Å². The van der Waals surface area contributed by atoms with E-state index in [1.54, 1.807) is 0 Å². The first-order valence-corrected chi connectivity index (χ1v) is 20.8. The summed E-state index contributed by atoms with van der Waals surface area (Å²) in [6.07, 6.45) is 53.1. The van der Waals surface area contributed by atoms with Crippen molar-refractivity contribution in [3.8, 4) is 0 Å². The van der Waals surface area contributed by atoms with Crippen molar-refractivity contribution in [3.05, 3.63) is 48.6 Å². The summed E-state index contributed by atoms with van der Waals surface area (Å²) in [4.78, 5) is 4.97. The molecule has 0 radical (unpaired) electrons. The van der Waals surface area contributed by atoms with E-state index in [1.807, 2.05) is 0 Å². The van der Waals surface area contributed by atoms with Gasteiger partial charge in [-0.05, 0) is 124 Å². The zero-order valence-electron chi connectivity index (χ0n) is 32.5. The van der Waals surface area contributed by atoms with E-state index in [9.17, 15) is 0 Å². The van der Waals surface area contributed by atoms with Gasteiger partial charge in [0.1, 0.15) is 0 Å². The molecule has 0 aliphatic heterocycles. The van der Waals surface area contributed by atoms with Crippen molar-refractivity contribution in [2.75, 3.05) is 53.5 Å². The molecular formula is C44H84N2O. The van der Waals surface area contributed by atoms with Crippen molar-refractivity contribution in [2.24, 2.45) is 0 Å². The average Bonchev–Trinajstić information content (AvgIpc) is 3.06. The highest BCUT2D eigenvalue weighted by Gasteiger charge is 2.05. The molecule has 0 aliphatic carbocycles. The second-order valence-electron chi connectivity index (χ2n) is 14.1. The summed E-state index contributed by atoms with van der Waals surface area (Å²) in [5.41, 5.74) is 0. The van der Waals surface area contributed by atoms with Gasteiger partial charge in [0, 0.05) is 13.2 Å². The Kier molecular flexibility index (Phi) is 40.0. The Morgan fingerprint density at radius 3 is 1.17 bits per heavy atom. The lowest BCUT2D eigenvalue weighted by atomic mass is 10.1. The highest BCUT2D eigenvalue weighted by molar-refractivity contribution is 4.93. The molecule has 0 bridgehead atoms. The molecule has 0 saturated heterocycles. The first kappa shape index (κ1) is 45.8. The summed E-state index contributed by atoms with van der Waals surface area (Å²) in [5, 5.41) is 0. The summed E-state index contributed by atoms with van der Waals surface area (Å²) >= 11 is 0. The minimum absolute atomic E-state index is 0.895. The van der Waals surface area contributed by atoms with Gasteiger partial charge in [-0.25, -0.2) is 0 Å². The fraction of sp³-hybridized carbons (Fsp3) is 0.818. The van der Waals surface area contributed by atoms with E-state index in [1.165, 1.54) is 167 Å². The van der Waals surface area contributed by atoms with Crippen LogP contribution in [0.4, 0.5) is 0 Å². The van der Waals surface area contributed by atoms with Gasteiger partial charge in [-0.15, -0.1) is 0 Å². The Morgan fingerprint density at radius 1 is 0.362 bits per heavy atom. The largest absolute Gasteiger partial charge is 0.380 e. The zero-order valence-corrected chi connectivity index (χ0v) is 32.5. The molecule has 0 N–H and O–H groups in total. The average molecular weight is 657 g/mol. The van der Waals surface area contributed by atoms with E-state index in [0.29, 0.717) is 0 Å².